The van der Waals surface area contributed by atoms with E-state index in [4.69, 9.17) is 0 Å². The predicted octanol–water partition coefficient (Wildman–Crippen LogP) is 1.26. The van der Waals surface area contributed by atoms with Crippen LogP contribution in [0.1, 0.15) is 32.1 Å². The third kappa shape index (κ3) is 2.50. The largest absolute Gasteiger partial charge is 0.340 e. The topological polar surface area (TPSA) is 66.4 Å². The zero-order valence-electron chi connectivity index (χ0n) is 12.7. The molecular formula is C15H22N4O2S. The SMILES string of the molecule is O=S(=O)(C1CC1)N1CCC2(CCCN(c3ncccn3)C2)C1. The molecule has 7 heteroatoms. The molecule has 0 radical (unpaired) electrons. The highest BCUT2D eigenvalue weighted by atomic mass is 32.2. The molecule has 6 nitrogen and oxygen atoms in total. The summed E-state index contributed by atoms with van der Waals surface area (Å²) in [5.41, 5.74) is 0.0827. The summed E-state index contributed by atoms with van der Waals surface area (Å²) >= 11 is 0. The van der Waals surface area contributed by atoms with Crippen LogP contribution in [0.25, 0.3) is 0 Å². The second-order valence-electron chi connectivity index (χ2n) is 6.90. The van der Waals surface area contributed by atoms with E-state index in [1.807, 2.05) is 6.07 Å². The van der Waals surface area contributed by atoms with Gasteiger partial charge in [-0.05, 0) is 38.2 Å². The van der Waals surface area contributed by atoms with Crippen LogP contribution in [0, 0.1) is 5.41 Å². The zero-order valence-corrected chi connectivity index (χ0v) is 13.5. The molecular weight excluding hydrogens is 300 g/mol. The maximum atomic E-state index is 12.5. The molecule has 1 aromatic rings. The van der Waals surface area contributed by atoms with E-state index in [0.29, 0.717) is 13.1 Å². The minimum absolute atomic E-state index is 0.0827. The summed E-state index contributed by atoms with van der Waals surface area (Å²) in [5.74, 6) is 0.769. The van der Waals surface area contributed by atoms with Gasteiger partial charge in [-0.1, -0.05) is 0 Å². The highest BCUT2D eigenvalue weighted by molar-refractivity contribution is 7.90. The monoisotopic (exact) mass is 322 g/mol. The molecule has 3 fully saturated rings. The lowest BCUT2D eigenvalue weighted by Crippen LogP contribution is -2.46. The number of piperidine rings is 1. The summed E-state index contributed by atoms with van der Waals surface area (Å²) in [6.45, 7) is 3.19. The van der Waals surface area contributed by atoms with E-state index in [0.717, 1.165) is 51.1 Å². The van der Waals surface area contributed by atoms with Gasteiger partial charge >= 0.3 is 0 Å². The fraction of sp³-hybridized carbons (Fsp3) is 0.733. The molecule has 3 heterocycles. The van der Waals surface area contributed by atoms with Gasteiger partial charge in [-0.25, -0.2) is 22.7 Å². The van der Waals surface area contributed by atoms with Gasteiger partial charge in [0.05, 0.1) is 5.25 Å². The standard InChI is InChI=1S/C15H22N4O2S/c20-22(21,13-3-4-13)19-10-6-15(12-19)5-1-9-18(11-15)14-16-7-2-8-17-14/h2,7-8,13H,1,3-6,9-12H2. The van der Waals surface area contributed by atoms with Crippen molar-refractivity contribution in [3.05, 3.63) is 18.5 Å². The van der Waals surface area contributed by atoms with Crippen molar-refractivity contribution >= 4 is 16.0 Å². The van der Waals surface area contributed by atoms with E-state index >= 15 is 0 Å². The predicted molar refractivity (Wildman–Crippen MR) is 84.0 cm³/mol. The van der Waals surface area contributed by atoms with Gasteiger partial charge in [0.2, 0.25) is 16.0 Å². The van der Waals surface area contributed by atoms with Gasteiger partial charge in [0.15, 0.2) is 0 Å². The third-order valence-corrected chi connectivity index (χ3v) is 7.55. The Hall–Kier alpha value is -1.21. The van der Waals surface area contributed by atoms with Crippen LogP contribution in [0.5, 0.6) is 0 Å². The number of hydrogen-bond acceptors (Lipinski definition) is 5. The molecule has 1 atom stereocenters. The first kappa shape index (κ1) is 14.4. The molecule has 1 aliphatic carbocycles. The molecule has 3 aliphatic rings. The lowest BCUT2D eigenvalue weighted by atomic mass is 9.79. The fourth-order valence-electron chi connectivity index (χ4n) is 3.85. The quantitative estimate of drug-likeness (QED) is 0.838. The first-order valence-electron chi connectivity index (χ1n) is 8.10. The van der Waals surface area contributed by atoms with Crippen molar-refractivity contribution in [1.82, 2.24) is 14.3 Å². The lowest BCUT2D eigenvalue weighted by molar-refractivity contribution is 0.246. The highest BCUT2D eigenvalue weighted by Crippen LogP contribution is 2.43. The number of hydrogen-bond donors (Lipinski definition) is 0. The van der Waals surface area contributed by atoms with Crippen molar-refractivity contribution in [2.45, 2.75) is 37.4 Å². The average Bonchev–Trinajstić information content (AvgIpc) is 3.32. The van der Waals surface area contributed by atoms with Crippen LogP contribution in [-0.2, 0) is 10.0 Å². The van der Waals surface area contributed by atoms with Crippen molar-refractivity contribution in [2.24, 2.45) is 5.41 Å². The maximum absolute atomic E-state index is 12.5. The van der Waals surface area contributed by atoms with Crippen LogP contribution < -0.4 is 4.90 Å². The van der Waals surface area contributed by atoms with Gasteiger partial charge in [0.1, 0.15) is 0 Å². The molecule has 2 aliphatic heterocycles. The minimum Gasteiger partial charge on any atom is -0.340 e. The van der Waals surface area contributed by atoms with E-state index in [-0.39, 0.29) is 10.7 Å². The average molecular weight is 322 g/mol. The first-order valence-corrected chi connectivity index (χ1v) is 9.60. The van der Waals surface area contributed by atoms with Gasteiger partial charge in [0, 0.05) is 44.0 Å². The summed E-state index contributed by atoms with van der Waals surface area (Å²) in [6.07, 6.45) is 8.36. The van der Waals surface area contributed by atoms with Gasteiger partial charge < -0.3 is 4.90 Å². The van der Waals surface area contributed by atoms with E-state index in [9.17, 15) is 8.42 Å². The smallest absolute Gasteiger partial charge is 0.225 e. The molecule has 2 saturated heterocycles. The molecule has 1 saturated carbocycles. The van der Waals surface area contributed by atoms with Crippen LogP contribution in [-0.4, -0.2) is 54.1 Å². The molecule has 22 heavy (non-hydrogen) atoms. The van der Waals surface area contributed by atoms with Crippen LogP contribution >= 0.6 is 0 Å². The van der Waals surface area contributed by atoms with E-state index in [2.05, 4.69) is 14.9 Å². The Morgan fingerprint density at radius 2 is 1.86 bits per heavy atom. The van der Waals surface area contributed by atoms with Gasteiger partial charge in [-0.15, -0.1) is 0 Å². The number of anilines is 1. The number of aromatic nitrogens is 2. The Morgan fingerprint density at radius 1 is 1.09 bits per heavy atom. The van der Waals surface area contributed by atoms with Gasteiger partial charge in [-0.2, -0.15) is 0 Å². The number of sulfonamides is 1. The first-order chi connectivity index (χ1) is 10.6. The van der Waals surface area contributed by atoms with Crippen molar-refractivity contribution in [1.29, 1.82) is 0 Å². The van der Waals surface area contributed by atoms with Crippen molar-refractivity contribution < 1.29 is 8.42 Å². The van der Waals surface area contributed by atoms with Crippen LogP contribution in [0.15, 0.2) is 18.5 Å². The summed E-state index contributed by atoms with van der Waals surface area (Å²) < 4.78 is 26.7. The fourth-order valence-corrected chi connectivity index (χ4v) is 5.81. The molecule has 0 N–H and O–H groups in total. The Morgan fingerprint density at radius 3 is 2.59 bits per heavy atom. The summed E-state index contributed by atoms with van der Waals surface area (Å²) in [5, 5.41) is -0.0974. The summed E-state index contributed by atoms with van der Waals surface area (Å²) in [7, 11) is -3.04. The van der Waals surface area contributed by atoms with Crippen LogP contribution in [0.2, 0.25) is 0 Å². The second-order valence-corrected chi connectivity index (χ2v) is 9.11. The maximum Gasteiger partial charge on any atom is 0.225 e. The zero-order chi connectivity index (χ0) is 15.2. The molecule has 4 rings (SSSR count). The van der Waals surface area contributed by atoms with E-state index < -0.39 is 10.0 Å². The molecule has 0 aromatic carbocycles. The Balaban J connectivity index is 1.50. The van der Waals surface area contributed by atoms with Crippen molar-refractivity contribution in [2.75, 3.05) is 31.1 Å². The van der Waals surface area contributed by atoms with Gasteiger partial charge in [0.25, 0.3) is 0 Å². The number of nitrogens with zero attached hydrogens (tertiary/aromatic N) is 4. The van der Waals surface area contributed by atoms with Crippen LogP contribution in [0.4, 0.5) is 5.95 Å². The molecule has 1 unspecified atom stereocenters. The highest BCUT2D eigenvalue weighted by Gasteiger charge is 2.49. The molecule has 0 amide bonds. The molecule has 1 aromatic heterocycles. The van der Waals surface area contributed by atoms with Crippen molar-refractivity contribution in [3.63, 3.8) is 0 Å². The van der Waals surface area contributed by atoms with Gasteiger partial charge in [-0.3, -0.25) is 0 Å². The minimum atomic E-state index is -3.04. The van der Waals surface area contributed by atoms with E-state index in [1.165, 1.54) is 0 Å². The lowest BCUT2D eigenvalue weighted by Gasteiger charge is -2.40. The Bertz CT molecular complexity index is 647. The van der Waals surface area contributed by atoms with Crippen molar-refractivity contribution in [3.8, 4) is 0 Å². The molecule has 1 spiro atoms. The normalized spacial score (nSPS) is 30.1. The second kappa shape index (κ2) is 5.16. The number of rotatable bonds is 3. The Labute approximate surface area is 131 Å². The molecule has 120 valence electrons. The summed E-state index contributed by atoms with van der Waals surface area (Å²) in [6, 6.07) is 1.82. The third-order valence-electron chi connectivity index (χ3n) is 5.21. The Kier molecular flexibility index (Phi) is 3.38. The van der Waals surface area contributed by atoms with Crippen LogP contribution in [0.3, 0.4) is 0 Å². The van der Waals surface area contributed by atoms with E-state index in [1.54, 1.807) is 16.7 Å². The summed E-state index contributed by atoms with van der Waals surface area (Å²) in [4.78, 5) is 10.9. The molecule has 0 bridgehead atoms.